The molecule has 0 aliphatic carbocycles. The van der Waals surface area contributed by atoms with Crippen molar-refractivity contribution in [2.24, 2.45) is 0 Å². The van der Waals surface area contributed by atoms with Crippen LogP contribution in [0.25, 0.3) is 0 Å². The van der Waals surface area contributed by atoms with Crippen molar-refractivity contribution in [1.29, 1.82) is 0 Å². The van der Waals surface area contributed by atoms with E-state index in [0.717, 1.165) is 10.0 Å². The first-order valence-corrected chi connectivity index (χ1v) is 6.85. The summed E-state index contributed by atoms with van der Waals surface area (Å²) in [5.41, 5.74) is 0.780. The molecule has 6 nitrogen and oxygen atoms in total. The van der Waals surface area contributed by atoms with Crippen LogP contribution < -0.4 is 11.0 Å². The van der Waals surface area contributed by atoms with Crippen LogP contribution >= 0.6 is 15.9 Å². The van der Waals surface area contributed by atoms with Gasteiger partial charge in [-0.2, -0.15) is 0 Å². The average molecular weight is 340 g/mol. The van der Waals surface area contributed by atoms with E-state index in [4.69, 9.17) is 0 Å². The number of imidazole rings is 1. The van der Waals surface area contributed by atoms with Crippen molar-refractivity contribution >= 4 is 21.8 Å². The molecule has 0 bridgehead atoms. The van der Waals surface area contributed by atoms with Gasteiger partial charge >= 0.3 is 5.69 Å². The zero-order valence-corrected chi connectivity index (χ0v) is 12.2. The van der Waals surface area contributed by atoms with Gasteiger partial charge in [0.1, 0.15) is 0 Å². The lowest BCUT2D eigenvalue weighted by atomic mass is 10.1. The highest BCUT2D eigenvalue weighted by molar-refractivity contribution is 9.10. The maximum absolute atomic E-state index is 11.7. The number of nitrogens with one attached hydrogen (secondary N) is 3. The largest absolute Gasteiger partial charge is 0.493 e. The van der Waals surface area contributed by atoms with Crippen LogP contribution in [0.4, 0.5) is 0 Å². The number of carbonyl (C=O) groups excluding carboxylic acids is 1. The molecule has 2 rings (SSSR count). The van der Waals surface area contributed by atoms with Crippen LogP contribution in [0.15, 0.2) is 33.5 Å². The lowest BCUT2D eigenvalue weighted by molar-refractivity contribution is -0.120. The number of aromatic nitrogens is 2. The second kappa shape index (κ2) is 6.42. The summed E-state index contributed by atoms with van der Waals surface area (Å²) in [6.07, 6.45) is 0.652. The fourth-order valence-electron chi connectivity index (χ4n) is 1.76. The Kier molecular flexibility index (Phi) is 4.62. The number of hydrogen-bond acceptors (Lipinski definition) is 3. The average Bonchev–Trinajstić information content (AvgIpc) is 2.70. The predicted octanol–water partition coefficient (Wildman–Crippen LogP) is 1.07. The summed E-state index contributed by atoms with van der Waals surface area (Å²) in [6.45, 7) is 0.496. The quantitative estimate of drug-likeness (QED) is 0.655. The zero-order valence-electron chi connectivity index (χ0n) is 10.6. The Morgan fingerprint density at radius 2 is 1.95 bits per heavy atom. The molecular weight excluding hydrogens is 326 g/mol. The van der Waals surface area contributed by atoms with Gasteiger partial charge in [0.2, 0.25) is 11.8 Å². The number of hydrogen-bond donors (Lipinski definition) is 4. The van der Waals surface area contributed by atoms with Crippen LogP contribution in [-0.2, 0) is 17.6 Å². The SMILES string of the molecule is O=C(Cc1[nH]c(=O)[nH]c1O)NCCc1ccc(Br)cc1. The van der Waals surface area contributed by atoms with E-state index in [1.165, 1.54) is 0 Å². The fraction of sp³-hybridized carbons (Fsp3) is 0.231. The number of halogens is 1. The van der Waals surface area contributed by atoms with Gasteiger partial charge in [-0.15, -0.1) is 0 Å². The van der Waals surface area contributed by atoms with Gasteiger partial charge in [-0.05, 0) is 24.1 Å². The Morgan fingerprint density at radius 1 is 1.25 bits per heavy atom. The predicted molar refractivity (Wildman–Crippen MR) is 77.6 cm³/mol. The molecule has 0 atom stereocenters. The van der Waals surface area contributed by atoms with E-state index < -0.39 is 5.69 Å². The molecule has 7 heteroatoms. The van der Waals surface area contributed by atoms with Gasteiger partial charge < -0.3 is 15.4 Å². The van der Waals surface area contributed by atoms with Gasteiger partial charge in [0.05, 0.1) is 12.1 Å². The van der Waals surface area contributed by atoms with Crippen LogP contribution in [-0.4, -0.2) is 27.5 Å². The molecule has 0 aliphatic rings. The molecule has 1 aromatic heterocycles. The Balaban J connectivity index is 1.79. The summed E-state index contributed by atoms with van der Waals surface area (Å²) in [5.74, 6) is -0.550. The molecule has 20 heavy (non-hydrogen) atoms. The first kappa shape index (κ1) is 14.4. The third-order valence-corrected chi connectivity index (χ3v) is 3.30. The van der Waals surface area contributed by atoms with Gasteiger partial charge in [0, 0.05) is 11.0 Å². The Morgan fingerprint density at radius 3 is 2.55 bits per heavy atom. The maximum Gasteiger partial charge on any atom is 0.325 e. The minimum Gasteiger partial charge on any atom is -0.493 e. The standard InChI is InChI=1S/C13H14BrN3O3/c14-9-3-1-8(2-4-9)5-6-15-11(18)7-10-12(19)17-13(20)16-10/h1-4,19H,5-7H2,(H,15,18)(H2,16,17,20). The molecule has 0 spiro atoms. The van der Waals surface area contributed by atoms with Crippen molar-refractivity contribution in [2.45, 2.75) is 12.8 Å². The summed E-state index contributed by atoms with van der Waals surface area (Å²) < 4.78 is 1.01. The summed E-state index contributed by atoms with van der Waals surface area (Å²) >= 11 is 3.36. The third kappa shape index (κ3) is 3.99. The molecule has 4 N–H and O–H groups in total. The monoisotopic (exact) mass is 339 g/mol. The summed E-state index contributed by atoms with van der Waals surface area (Å²) in [4.78, 5) is 27.1. The Bertz CT molecular complexity index is 646. The van der Waals surface area contributed by atoms with Crippen molar-refractivity contribution in [2.75, 3.05) is 6.54 Å². The summed E-state index contributed by atoms with van der Waals surface area (Å²) in [6, 6.07) is 7.84. The van der Waals surface area contributed by atoms with Crippen LogP contribution in [0.2, 0.25) is 0 Å². The van der Waals surface area contributed by atoms with Crippen molar-refractivity contribution in [3.8, 4) is 5.88 Å². The number of rotatable bonds is 5. The molecule has 0 fully saturated rings. The smallest absolute Gasteiger partial charge is 0.325 e. The van der Waals surface area contributed by atoms with Gasteiger partial charge in [-0.25, -0.2) is 4.79 Å². The molecule has 0 saturated heterocycles. The highest BCUT2D eigenvalue weighted by Crippen LogP contribution is 2.10. The summed E-state index contributed by atoms with van der Waals surface area (Å²) in [7, 11) is 0. The van der Waals surface area contributed by atoms with Crippen molar-refractivity contribution in [1.82, 2.24) is 15.3 Å². The number of carbonyl (C=O) groups is 1. The minimum absolute atomic E-state index is 0.0646. The number of aromatic hydroxyl groups is 1. The molecule has 1 amide bonds. The second-order valence-electron chi connectivity index (χ2n) is 4.31. The number of aromatic amines is 2. The first-order chi connectivity index (χ1) is 9.54. The zero-order chi connectivity index (χ0) is 14.5. The van der Waals surface area contributed by atoms with Gasteiger partial charge in [-0.1, -0.05) is 28.1 Å². The van der Waals surface area contributed by atoms with Gasteiger partial charge in [-0.3, -0.25) is 9.78 Å². The molecule has 0 unspecified atom stereocenters. The van der Waals surface area contributed by atoms with Gasteiger partial charge in [0.15, 0.2) is 0 Å². The number of amides is 1. The molecule has 0 radical (unpaired) electrons. The third-order valence-electron chi connectivity index (χ3n) is 2.77. The molecule has 2 aromatic rings. The first-order valence-electron chi connectivity index (χ1n) is 6.06. The number of H-pyrrole nitrogens is 2. The van der Waals surface area contributed by atoms with Crippen molar-refractivity contribution in [3.05, 3.63) is 50.5 Å². The van der Waals surface area contributed by atoms with Gasteiger partial charge in [0.25, 0.3) is 0 Å². The molecule has 1 heterocycles. The highest BCUT2D eigenvalue weighted by atomic mass is 79.9. The van der Waals surface area contributed by atoms with E-state index in [2.05, 4.69) is 31.2 Å². The summed E-state index contributed by atoms with van der Waals surface area (Å²) in [5, 5.41) is 12.1. The molecule has 0 aliphatic heterocycles. The van der Waals surface area contributed by atoms with Crippen LogP contribution in [0.5, 0.6) is 5.88 Å². The molecule has 0 saturated carbocycles. The highest BCUT2D eigenvalue weighted by Gasteiger charge is 2.10. The van der Waals surface area contributed by atoms with E-state index in [1.807, 2.05) is 24.3 Å². The lowest BCUT2D eigenvalue weighted by Gasteiger charge is -2.05. The molecule has 1 aromatic carbocycles. The van der Waals surface area contributed by atoms with Crippen molar-refractivity contribution < 1.29 is 9.90 Å². The number of benzene rings is 1. The van der Waals surface area contributed by atoms with E-state index in [0.29, 0.717) is 13.0 Å². The topological polar surface area (TPSA) is 98.0 Å². The van der Waals surface area contributed by atoms with E-state index in [-0.39, 0.29) is 23.9 Å². The van der Waals surface area contributed by atoms with Crippen molar-refractivity contribution in [3.63, 3.8) is 0 Å². The van der Waals surface area contributed by atoms with E-state index >= 15 is 0 Å². The molecular formula is C13H14BrN3O3. The maximum atomic E-state index is 11.7. The lowest BCUT2D eigenvalue weighted by Crippen LogP contribution is -2.27. The Labute approximate surface area is 123 Å². The van der Waals surface area contributed by atoms with E-state index in [9.17, 15) is 14.7 Å². The molecule has 106 valence electrons. The van der Waals surface area contributed by atoms with Crippen LogP contribution in [0.1, 0.15) is 11.3 Å². The van der Waals surface area contributed by atoms with E-state index in [1.54, 1.807) is 0 Å². The minimum atomic E-state index is -0.528. The Hall–Kier alpha value is -2.02. The second-order valence-corrected chi connectivity index (χ2v) is 5.23. The van der Waals surface area contributed by atoms with Crippen LogP contribution in [0, 0.1) is 0 Å². The normalized spacial score (nSPS) is 10.4. The fourth-order valence-corrected chi connectivity index (χ4v) is 2.02. The van der Waals surface area contributed by atoms with Crippen LogP contribution in [0.3, 0.4) is 0 Å².